The summed E-state index contributed by atoms with van der Waals surface area (Å²) in [6.45, 7) is 6.94. The second kappa shape index (κ2) is 6.52. The fourth-order valence-corrected chi connectivity index (χ4v) is 2.91. The second-order valence-corrected chi connectivity index (χ2v) is 7.46. The molecular formula is C12H23NO4S. The highest BCUT2D eigenvalue weighted by Crippen LogP contribution is 2.25. The molecular weight excluding hydrogens is 254 g/mol. The summed E-state index contributed by atoms with van der Waals surface area (Å²) in [6, 6.07) is 0. The molecule has 106 valence electrons. The van der Waals surface area contributed by atoms with Crippen LogP contribution in [-0.4, -0.2) is 45.1 Å². The molecule has 1 fully saturated rings. The summed E-state index contributed by atoms with van der Waals surface area (Å²) in [5.74, 6) is -0.122. The quantitative estimate of drug-likeness (QED) is 0.771. The summed E-state index contributed by atoms with van der Waals surface area (Å²) < 4.78 is 28.2. The first-order valence-electron chi connectivity index (χ1n) is 6.44. The van der Waals surface area contributed by atoms with E-state index in [1.807, 2.05) is 0 Å². The molecule has 0 radical (unpaired) electrons. The van der Waals surface area contributed by atoms with E-state index in [1.165, 1.54) is 0 Å². The van der Waals surface area contributed by atoms with E-state index in [4.69, 9.17) is 4.74 Å². The van der Waals surface area contributed by atoms with Gasteiger partial charge in [-0.3, -0.25) is 4.79 Å². The number of carbonyl (C=O) groups excluding carboxylic acids is 1. The lowest BCUT2D eigenvalue weighted by Crippen LogP contribution is -2.37. The number of ether oxygens (including phenoxy) is 1. The fraction of sp³-hybridized carbons (Fsp3) is 0.917. The average molecular weight is 277 g/mol. The van der Waals surface area contributed by atoms with Crippen molar-refractivity contribution in [1.82, 2.24) is 5.32 Å². The molecule has 0 aromatic carbocycles. The van der Waals surface area contributed by atoms with Crippen molar-refractivity contribution < 1.29 is 17.9 Å². The van der Waals surface area contributed by atoms with Crippen LogP contribution in [0.5, 0.6) is 0 Å². The average Bonchev–Trinajstić information content (AvgIpc) is 2.74. The van der Waals surface area contributed by atoms with Gasteiger partial charge >= 0.3 is 0 Å². The van der Waals surface area contributed by atoms with E-state index in [0.717, 1.165) is 13.0 Å². The summed E-state index contributed by atoms with van der Waals surface area (Å²) in [7, 11) is -3.24. The van der Waals surface area contributed by atoms with Gasteiger partial charge in [0.1, 0.15) is 5.75 Å². The maximum atomic E-state index is 11.5. The van der Waals surface area contributed by atoms with Crippen LogP contribution in [0.3, 0.4) is 0 Å². The minimum absolute atomic E-state index is 0.00157. The van der Waals surface area contributed by atoms with E-state index in [9.17, 15) is 13.2 Å². The number of rotatable bonds is 6. The minimum Gasteiger partial charge on any atom is -0.378 e. The minimum atomic E-state index is -3.24. The maximum Gasteiger partial charge on any atom is 0.235 e. The van der Waals surface area contributed by atoms with Crippen molar-refractivity contribution in [1.29, 1.82) is 0 Å². The molecule has 1 saturated heterocycles. The van der Waals surface area contributed by atoms with Crippen LogP contribution in [0.25, 0.3) is 0 Å². The standard InChI is InChI=1S/C12H23NO4S/c1-4-18(15,16)8-11(14)13-7-10-5-6-17-12(10)9(2)3/h9-10,12H,4-8H2,1-3H3,(H,13,14)/t10-,12-/m1/s1. The molecule has 1 amide bonds. The summed E-state index contributed by atoms with van der Waals surface area (Å²) in [4.78, 5) is 11.5. The van der Waals surface area contributed by atoms with Crippen molar-refractivity contribution in [2.45, 2.75) is 33.3 Å². The molecule has 0 unspecified atom stereocenters. The topological polar surface area (TPSA) is 72.5 Å². The van der Waals surface area contributed by atoms with E-state index < -0.39 is 21.5 Å². The van der Waals surface area contributed by atoms with E-state index in [-0.39, 0.29) is 11.9 Å². The van der Waals surface area contributed by atoms with Crippen molar-refractivity contribution >= 4 is 15.7 Å². The molecule has 1 aliphatic heterocycles. The van der Waals surface area contributed by atoms with Gasteiger partial charge < -0.3 is 10.1 Å². The summed E-state index contributed by atoms with van der Waals surface area (Å²) >= 11 is 0. The molecule has 2 atom stereocenters. The van der Waals surface area contributed by atoms with E-state index in [2.05, 4.69) is 19.2 Å². The monoisotopic (exact) mass is 277 g/mol. The van der Waals surface area contributed by atoms with Gasteiger partial charge in [0.25, 0.3) is 0 Å². The Hall–Kier alpha value is -0.620. The van der Waals surface area contributed by atoms with Crippen LogP contribution in [0.2, 0.25) is 0 Å². The molecule has 0 aromatic rings. The van der Waals surface area contributed by atoms with Gasteiger partial charge in [-0.1, -0.05) is 20.8 Å². The molecule has 18 heavy (non-hydrogen) atoms. The fourth-order valence-electron chi connectivity index (χ4n) is 2.21. The second-order valence-electron chi connectivity index (χ2n) is 5.11. The van der Waals surface area contributed by atoms with E-state index >= 15 is 0 Å². The number of carbonyl (C=O) groups is 1. The van der Waals surface area contributed by atoms with E-state index in [1.54, 1.807) is 6.92 Å². The zero-order valence-electron chi connectivity index (χ0n) is 11.3. The van der Waals surface area contributed by atoms with Crippen LogP contribution in [0, 0.1) is 11.8 Å². The molecule has 1 N–H and O–H groups in total. The predicted molar refractivity (Wildman–Crippen MR) is 70.0 cm³/mol. The van der Waals surface area contributed by atoms with Gasteiger partial charge in [0.15, 0.2) is 9.84 Å². The number of amides is 1. The number of nitrogens with one attached hydrogen (secondary N) is 1. The maximum absolute atomic E-state index is 11.5. The highest BCUT2D eigenvalue weighted by atomic mass is 32.2. The molecule has 0 spiro atoms. The molecule has 1 rings (SSSR count). The van der Waals surface area contributed by atoms with Crippen LogP contribution in [0.15, 0.2) is 0 Å². The largest absolute Gasteiger partial charge is 0.378 e. The van der Waals surface area contributed by atoms with Crippen LogP contribution < -0.4 is 5.32 Å². The van der Waals surface area contributed by atoms with Crippen LogP contribution in [-0.2, 0) is 19.4 Å². The van der Waals surface area contributed by atoms with Gasteiger partial charge in [-0.25, -0.2) is 8.42 Å². The highest BCUT2D eigenvalue weighted by molar-refractivity contribution is 7.92. The third-order valence-corrected chi connectivity index (χ3v) is 4.85. The van der Waals surface area contributed by atoms with Crippen molar-refractivity contribution in [3.8, 4) is 0 Å². The van der Waals surface area contributed by atoms with Crippen LogP contribution in [0.4, 0.5) is 0 Å². The van der Waals surface area contributed by atoms with Gasteiger partial charge in [0.2, 0.25) is 5.91 Å². The molecule has 5 nitrogen and oxygen atoms in total. The Morgan fingerprint density at radius 2 is 2.11 bits per heavy atom. The first-order valence-corrected chi connectivity index (χ1v) is 8.26. The summed E-state index contributed by atoms with van der Waals surface area (Å²) in [5, 5.41) is 2.70. The number of hydrogen-bond acceptors (Lipinski definition) is 4. The zero-order chi connectivity index (χ0) is 13.8. The lowest BCUT2D eigenvalue weighted by molar-refractivity contribution is -0.118. The molecule has 0 saturated carbocycles. The van der Waals surface area contributed by atoms with Gasteiger partial charge in [0.05, 0.1) is 6.10 Å². The smallest absolute Gasteiger partial charge is 0.235 e. The normalized spacial score (nSPS) is 24.4. The van der Waals surface area contributed by atoms with Crippen molar-refractivity contribution in [3.63, 3.8) is 0 Å². The third-order valence-electron chi connectivity index (χ3n) is 3.27. The van der Waals surface area contributed by atoms with E-state index in [0.29, 0.717) is 18.4 Å². The Morgan fingerprint density at radius 3 is 2.67 bits per heavy atom. The Bertz CT molecular complexity index is 378. The van der Waals surface area contributed by atoms with Crippen LogP contribution in [0.1, 0.15) is 27.2 Å². The van der Waals surface area contributed by atoms with Gasteiger partial charge in [-0.15, -0.1) is 0 Å². The first-order chi connectivity index (χ1) is 8.35. The lowest BCUT2D eigenvalue weighted by atomic mass is 9.93. The first kappa shape index (κ1) is 15.4. The van der Waals surface area contributed by atoms with Crippen molar-refractivity contribution in [2.75, 3.05) is 24.7 Å². The Morgan fingerprint density at radius 1 is 1.44 bits per heavy atom. The molecule has 1 aliphatic rings. The van der Waals surface area contributed by atoms with Crippen molar-refractivity contribution in [2.24, 2.45) is 11.8 Å². The predicted octanol–water partition coefficient (Wildman–Crippen LogP) is 0.598. The Labute approximate surface area is 109 Å². The number of hydrogen-bond donors (Lipinski definition) is 1. The molecule has 1 heterocycles. The Balaban J connectivity index is 2.39. The van der Waals surface area contributed by atoms with Gasteiger partial charge in [-0.05, 0) is 12.3 Å². The molecule has 0 aromatic heterocycles. The molecule has 0 aliphatic carbocycles. The lowest BCUT2D eigenvalue weighted by Gasteiger charge is -2.22. The van der Waals surface area contributed by atoms with Gasteiger partial charge in [-0.2, -0.15) is 0 Å². The Kier molecular flexibility index (Phi) is 5.59. The SMILES string of the molecule is CCS(=O)(=O)CC(=O)NC[C@H]1CCO[C@@H]1C(C)C. The molecule has 6 heteroatoms. The zero-order valence-corrected chi connectivity index (χ0v) is 12.1. The van der Waals surface area contributed by atoms with Gasteiger partial charge in [0, 0.05) is 24.8 Å². The number of sulfone groups is 1. The summed E-state index contributed by atoms with van der Waals surface area (Å²) in [5.41, 5.74) is 0. The van der Waals surface area contributed by atoms with Crippen molar-refractivity contribution in [3.05, 3.63) is 0 Å². The third kappa shape index (κ3) is 4.57. The van der Waals surface area contributed by atoms with Crippen LogP contribution >= 0.6 is 0 Å². The highest BCUT2D eigenvalue weighted by Gasteiger charge is 2.30. The summed E-state index contributed by atoms with van der Waals surface area (Å²) in [6.07, 6.45) is 1.08. The molecule has 0 bridgehead atoms.